The van der Waals surface area contributed by atoms with Gasteiger partial charge >= 0.3 is 8.17 Å². The van der Waals surface area contributed by atoms with Gasteiger partial charge in [-0.15, -0.1) is 0 Å². The first kappa shape index (κ1) is 32.9. The minimum absolute atomic E-state index is 0.0141. The highest BCUT2D eigenvalue weighted by molar-refractivity contribution is 7.52. The molecule has 0 aromatic rings. The van der Waals surface area contributed by atoms with E-state index in [9.17, 15) is 9.79 Å². The van der Waals surface area contributed by atoms with Crippen LogP contribution < -0.4 is 4.89 Å². The number of nitrogens with zero attached hydrogens (tertiary/aromatic N) is 1. The number of aliphatic hydroxyl groups is 2. The number of aliphatic hydroxyl groups excluding tert-OH is 2. The van der Waals surface area contributed by atoms with Gasteiger partial charge in [-0.25, -0.2) is 0 Å². The molecule has 0 aliphatic carbocycles. The van der Waals surface area contributed by atoms with Gasteiger partial charge in [0.05, 0.1) is 26.9 Å². The molecule has 198 valence electrons. The summed E-state index contributed by atoms with van der Waals surface area (Å²) in [5.41, 5.74) is 0. The third kappa shape index (κ3) is 22.1. The van der Waals surface area contributed by atoms with E-state index in [1.165, 1.54) is 70.6 Å². The summed E-state index contributed by atoms with van der Waals surface area (Å²) in [6.45, 7) is 3.81. The Bertz CT molecular complexity index is 445. The van der Waals surface area contributed by atoms with Gasteiger partial charge in [-0.1, -0.05) is 76.9 Å². The third-order valence-corrected chi connectivity index (χ3v) is 7.09. The van der Waals surface area contributed by atoms with Crippen molar-refractivity contribution in [2.75, 3.05) is 53.1 Å². The van der Waals surface area contributed by atoms with Crippen molar-refractivity contribution in [1.82, 2.24) is 0 Å². The molecule has 0 spiro atoms. The van der Waals surface area contributed by atoms with Gasteiger partial charge < -0.3 is 19.6 Å². The summed E-state index contributed by atoms with van der Waals surface area (Å²) in [7, 11) is -2.18. The number of hydrogen-bond donors (Lipinski definition) is 3. The molecule has 33 heavy (non-hydrogen) atoms. The molecule has 0 aromatic heterocycles. The fourth-order valence-corrected chi connectivity index (χ4v) is 4.51. The highest BCUT2D eigenvalue weighted by atomic mass is 31.2. The number of rotatable bonds is 25. The minimum Gasteiger partial charge on any atom is -0.606 e. The fourth-order valence-electron chi connectivity index (χ4n) is 3.76. The summed E-state index contributed by atoms with van der Waals surface area (Å²) in [5, 5.41) is 18.3. The van der Waals surface area contributed by atoms with E-state index in [-0.39, 0.29) is 26.4 Å². The van der Waals surface area contributed by atoms with Crippen LogP contribution in [0.15, 0.2) is 12.2 Å². The summed E-state index contributed by atoms with van der Waals surface area (Å²) in [5.74, 6) is 0. The van der Waals surface area contributed by atoms with E-state index in [1.807, 2.05) is 7.05 Å². The Kier molecular flexibility index (Phi) is 22.3. The van der Waals surface area contributed by atoms with Crippen LogP contribution in [0.1, 0.15) is 96.8 Å². The number of phosphoric ester groups is 1. The van der Waals surface area contributed by atoms with E-state index in [0.29, 0.717) is 24.1 Å². The fraction of sp³-hybridized carbons (Fsp3) is 0.920. The molecule has 0 heterocycles. The molecule has 0 aromatic carbocycles. The van der Waals surface area contributed by atoms with E-state index in [4.69, 9.17) is 19.3 Å². The van der Waals surface area contributed by atoms with Gasteiger partial charge in [0.15, 0.2) is 0 Å². The number of hydrogen-bond acceptors (Lipinski definition) is 6. The standard InChI is InChI=1S/C25H52NO6P/c1-3-4-5-6-7-8-9-10-11-12-13-14-15-16-17-18-24-31-33(29,30)32-25-21-26(2,19-22-27)20-23-28/h10-11,27-28H,3-9,12-25H2,1-2H3/p+1/b11-10+. The van der Waals surface area contributed by atoms with Crippen LogP contribution in [-0.4, -0.2) is 72.7 Å². The van der Waals surface area contributed by atoms with Gasteiger partial charge in [-0.3, -0.25) is 0 Å². The average Bonchev–Trinajstić information content (AvgIpc) is 2.76. The SMILES string of the molecule is CCCCCCCC/C=C/CCCCCCCCO[P+]([O-])(O)OCC[N+](C)(CCO)CCO. The molecule has 0 radical (unpaired) electrons. The molecule has 7 nitrogen and oxygen atoms in total. The lowest BCUT2D eigenvalue weighted by molar-refractivity contribution is -0.910. The normalized spacial score (nSPS) is 14.2. The van der Waals surface area contributed by atoms with E-state index < -0.39 is 8.17 Å². The van der Waals surface area contributed by atoms with Crippen molar-refractivity contribution in [3.8, 4) is 0 Å². The van der Waals surface area contributed by atoms with Crippen LogP contribution in [0.5, 0.6) is 0 Å². The van der Waals surface area contributed by atoms with Crippen LogP contribution >= 0.6 is 8.17 Å². The Balaban J connectivity index is 3.56. The first-order chi connectivity index (χ1) is 15.9. The summed E-state index contributed by atoms with van der Waals surface area (Å²) in [6.07, 6.45) is 21.7. The molecule has 3 N–H and O–H groups in total. The molecule has 1 atom stereocenters. The molecule has 8 heteroatoms. The van der Waals surface area contributed by atoms with Crippen LogP contribution in [0.25, 0.3) is 0 Å². The zero-order valence-electron chi connectivity index (χ0n) is 21.5. The number of likely N-dealkylation sites (N-methyl/N-ethyl adjacent to an activating group) is 1. The van der Waals surface area contributed by atoms with Crippen LogP contribution in [0.2, 0.25) is 0 Å². The zero-order chi connectivity index (χ0) is 24.7. The van der Waals surface area contributed by atoms with Crippen LogP contribution in [-0.2, 0) is 9.05 Å². The lowest BCUT2D eigenvalue weighted by Crippen LogP contribution is -2.50. The van der Waals surface area contributed by atoms with Crippen LogP contribution in [0.4, 0.5) is 0 Å². The molecule has 0 bridgehead atoms. The van der Waals surface area contributed by atoms with Gasteiger partial charge in [-0.05, 0) is 32.1 Å². The Labute approximate surface area is 204 Å². The van der Waals surface area contributed by atoms with Gasteiger partial charge in [-0.2, -0.15) is 13.9 Å². The lowest BCUT2D eigenvalue weighted by atomic mass is 10.1. The van der Waals surface area contributed by atoms with Gasteiger partial charge in [0.25, 0.3) is 0 Å². The molecule has 0 saturated carbocycles. The Morgan fingerprint density at radius 1 is 0.697 bits per heavy atom. The van der Waals surface area contributed by atoms with Crippen LogP contribution in [0.3, 0.4) is 0 Å². The van der Waals surface area contributed by atoms with E-state index >= 15 is 0 Å². The first-order valence-corrected chi connectivity index (χ1v) is 14.7. The molecule has 0 fully saturated rings. The lowest BCUT2D eigenvalue weighted by Gasteiger charge is -2.33. The Morgan fingerprint density at radius 2 is 1.15 bits per heavy atom. The van der Waals surface area contributed by atoms with Crippen molar-refractivity contribution in [3.63, 3.8) is 0 Å². The Morgan fingerprint density at radius 3 is 1.67 bits per heavy atom. The largest absolute Gasteiger partial charge is 0.606 e. The average molecular weight is 495 g/mol. The molecular formula is C25H53NO6P+. The summed E-state index contributed by atoms with van der Waals surface area (Å²) < 4.78 is 10.5. The third-order valence-electron chi connectivity index (χ3n) is 6.08. The predicted octanol–water partition coefficient (Wildman–Crippen LogP) is 4.52. The predicted molar refractivity (Wildman–Crippen MR) is 135 cm³/mol. The van der Waals surface area contributed by atoms with E-state index in [0.717, 1.165) is 19.3 Å². The van der Waals surface area contributed by atoms with Gasteiger partial charge in [0.2, 0.25) is 0 Å². The maximum absolute atomic E-state index is 12.0. The second-order valence-electron chi connectivity index (χ2n) is 9.31. The summed E-state index contributed by atoms with van der Waals surface area (Å²) in [6, 6.07) is 0. The molecule has 0 saturated heterocycles. The number of unbranched alkanes of at least 4 members (excludes halogenated alkanes) is 12. The highest BCUT2D eigenvalue weighted by Gasteiger charge is 2.29. The number of phosphoric acid groups is 1. The Hall–Kier alpha value is -0.110. The van der Waals surface area contributed by atoms with Crippen molar-refractivity contribution in [1.29, 1.82) is 0 Å². The van der Waals surface area contributed by atoms with E-state index in [2.05, 4.69) is 19.1 Å². The maximum atomic E-state index is 12.0. The first-order valence-electron chi connectivity index (χ1n) is 13.2. The second-order valence-corrected chi connectivity index (χ2v) is 10.8. The quantitative estimate of drug-likeness (QED) is 0.0747. The van der Waals surface area contributed by atoms with Crippen molar-refractivity contribution >= 4 is 8.17 Å². The van der Waals surface area contributed by atoms with Crippen molar-refractivity contribution in [2.45, 2.75) is 96.8 Å². The smallest absolute Gasteiger partial charge is 0.377 e. The molecular weight excluding hydrogens is 441 g/mol. The van der Waals surface area contributed by atoms with Gasteiger partial charge in [0, 0.05) is 0 Å². The molecule has 0 aliphatic heterocycles. The van der Waals surface area contributed by atoms with Crippen molar-refractivity contribution < 1.29 is 33.5 Å². The minimum atomic E-state index is -4.05. The van der Waals surface area contributed by atoms with Crippen molar-refractivity contribution in [2.24, 2.45) is 0 Å². The molecule has 1 unspecified atom stereocenters. The second kappa shape index (κ2) is 22.4. The number of quaternary nitrogens is 1. The van der Waals surface area contributed by atoms with Crippen molar-refractivity contribution in [3.05, 3.63) is 12.2 Å². The molecule has 0 rings (SSSR count). The van der Waals surface area contributed by atoms with Crippen LogP contribution in [0, 0.1) is 0 Å². The topological polar surface area (TPSA) is 102 Å². The van der Waals surface area contributed by atoms with E-state index in [1.54, 1.807) is 0 Å². The summed E-state index contributed by atoms with van der Waals surface area (Å²) >= 11 is 0. The zero-order valence-corrected chi connectivity index (χ0v) is 22.4. The molecule has 0 amide bonds. The monoisotopic (exact) mass is 494 g/mol. The van der Waals surface area contributed by atoms with Gasteiger partial charge in [0.1, 0.15) is 26.2 Å². The number of allylic oxidation sites excluding steroid dienone is 2. The summed E-state index contributed by atoms with van der Waals surface area (Å²) in [4.78, 5) is 21.8. The maximum Gasteiger partial charge on any atom is 0.377 e. The highest BCUT2D eigenvalue weighted by Crippen LogP contribution is 2.47. The molecule has 0 aliphatic rings.